The van der Waals surface area contributed by atoms with Crippen LogP contribution in [0.25, 0.3) is 0 Å². The number of methoxy groups -OCH3 is 2. The summed E-state index contributed by atoms with van der Waals surface area (Å²) in [6.07, 6.45) is -1.35. The maximum atomic E-state index is 12.1. The van der Waals surface area contributed by atoms with E-state index in [1.807, 2.05) is 0 Å². The molecule has 0 aliphatic rings. The summed E-state index contributed by atoms with van der Waals surface area (Å²) in [5.41, 5.74) is 0. The van der Waals surface area contributed by atoms with Gasteiger partial charge >= 0.3 is 0 Å². The van der Waals surface area contributed by atoms with Crippen LogP contribution in [0.3, 0.4) is 0 Å². The standard InChI is InChI=1S/C22H28N2O6/c1-15(29-19-9-5-17(27-3)6-10-19)21(25)23-13-14-24-22(26)16(2)30-20-11-7-18(28-4)8-12-20/h5-12,15-16H,13-14H2,1-4H3,(H,23,25)(H,24,26). The summed E-state index contributed by atoms with van der Waals surface area (Å²) in [5, 5.41) is 5.45. The number of rotatable bonds is 11. The van der Waals surface area contributed by atoms with Gasteiger partial charge in [0, 0.05) is 13.1 Å². The highest BCUT2D eigenvalue weighted by Gasteiger charge is 2.16. The van der Waals surface area contributed by atoms with E-state index in [4.69, 9.17) is 18.9 Å². The monoisotopic (exact) mass is 416 g/mol. The van der Waals surface area contributed by atoms with Crippen molar-refractivity contribution in [1.29, 1.82) is 0 Å². The molecule has 0 heterocycles. The van der Waals surface area contributed by atoms with Gasteiger partial charge in [-0.2, -0.15) is 0 Å². The van der Waals surface area contributed by atoms with Crippen LogP contribution in [0.4, 0.5) is 0 Å². The van der Waals surface area contributed by atoms with Gasteiger partial charge < -0.3 is 29.6 Å². The summed E-state index contributed by atoms with van der Waals surface area (Å²) in [7, 11) is 3.16. The van der Waals surface area contributed by atoms with E-state index >= 15 is 0 Å². The molecular formula is C22H28N2O6. The van der Waals surface area contributed by atoms with Crippen LogP contribution in [-0.4, -0.2) is 51.3 Å². The molecule has 2 N–H and O–H groups in total. The van der Waals surface area contributed by atoms with E-state index in [1.165, 1.54) is 0 Å². The second kappa shape index (κ2) is 11.5. The van der Waals surface area contributed by atoms with Crippen LogP contribution in [-0.2, 0) is 9.59 Å². The van der Waals surface area contributed by atoms with E-state index in [0.717, 1.165) is 0 Å². The molecule has 0 radical (unpaired) electrons. The van der Waals surface area contributed by atoms with Crippen LogP contribution in [0.1, 0.15) is 13.8 Å². The zero-order valence-corrected chi connectivity index (χ0v) is 17.6. The first-order valence-corrected chi connectivity index (χ1v) is 9.59. The lowest BCUT2D eigenvalue weighted by molar-refractivity contribution is -0.129. The fourth-order valence-corrected chi connectivity index (χ4v) is 2.48. The van der Waals surface area contributed by atoms with Crippen molar-refractivity contribution in [3.8, 4) is 23.0 Å². The Balaban J connectivity index is 1.67. The van der Waals surface area contributed by atoms with Crippen LogP contribution in [0.2, 0.25) is 0 Å². The molecule has 2 rings (SSSR count). The van der Waals surface area contributed by atoms with Crippen molar-refractivity contribution < 1.29 is 28.5 Å². The third-order valence-electron chi connectivity index (χ3n) is 4.21. The first-order valence-electron chi connectivity index (χ1n) is 9.59. The van der Waals surface area contributed by atoms with Crippen LogP contribution in [0.5, 0.6) is 23.0 Å². The molecule has 0 aliphatic carbocycles. The largest absolute Gasteiger partial charge is 0.497 e. The minimum atomic E-state index is -0.675. The molecule has 162 valence electrons. The first-order chi connectivity index (χ1) is 14.4. The smallest absolute Gasteiger partial charge is 0.260 e. The zero-order valence-electron chi connectivity index (χ0n) is 17.6. The normalized spacial score (nSPS) is 12.3. The van der Waals surface area contributed by atoms with Crippen molar-refractivity contribution in [3.05, 3.63) is 48.5 Å². The lowest BCUT2D eigenvalue weighted by Crippen LogP contribution is -2.43. The fourth-order valence-electron chi connectivity index (χ4n) is 2.48. The zero-order chi connectivity index (χ0) is 21.9. The van der Waals surface area contributed by atoms with Gasteiger partial charge in [0.05, 0.1) is 14.2 Å². The topological polar surface area (TPSA) is 95.1 Å². The van der Waals surface area contributed by atoms with Crippen LogP contribution in [0, 0.1) is 0 Å². The highest BCUT2D eigenvalue weighted by molar-refractivity contribution is 5.81. The number of hydrogen-bond donors (Lipinski definition) is 2. The number of hydrogen-bond acceptors (Lipinski definition) is 6. The maximum Gasteiger partial charge on any atom is 0.260 e. The number of carbonyl (C=O) groups is 2. The summed E-state index contributed by atoms with van der Waals surface area (Å²) < 4.78 is 21.3. The molecule has 2 amide bonds. The van der Waals surface area contributed by atoms with E-state index in [-0.39, 0.29) is 24.9 Å². The summed E-state index contributed by atoms with van der Waals surface area (Å²) in [4.78, 5) is 24.3. The van der Waals surface area contributed by atoms with Crippen molar-refractivity contribution in [2.75, 3.05) is 27.3 Å². The van der Waals surface area contributed by atoms with Crippen molar-refractivity contribution in [3.63, 3.8) is 0 Å². The number of carbonyl (C=O) groups excluding carboxylic acids is 2. The Kier molecular flexibility index (Phi) is 8.80. The third-order valence-corrected chi connectivity index (χ3v) is 4.21. The number of amides is 2. The Bertz CT molecular complexity index is 738. The molecule has 0 bridgehead atoms. The van der Waals surface area contributed by atoms with Gasteiger partial charge in [-0.15, -0.1) is 0 Å². The molecule has 0 aromatic heterocycles. The van der Waals surface area contributed by atoms with Gasteiger partial charge in [0.15, 0.2) is 12.2 Å². The Morgan fingerprint density at radius 1 is 0.667 bits per heavy atom. The second-order valence-electron chi connectivity index (χ2n) is 6.45. The molecule has 0 spiro atoms. The van der Waals surface area contributed by atoms with Gasteiger partial charge in [-0.3, -0.25) is 9.59 Å². The molecule has 2 aromatic rings. The van der Waals surface area contributed by atoms with Gasteiger partial charge in [0.25, 0.3) is 11.8 Å². The minimum Gasteiger partial charge on any atom is -0.497 e. The fraction of sp³-hybridized carbons (Fsp3) is 0.364. The highest BCUT2D eigenvalue weighted by atomic mass is 16.5. The molecule has 2 unspecified atom stereocenters. The second-order valence-corrected chi connectivity index (χ2v) is 6.45. The predicted octanol–water partition coefficient (Wildman–Crippen LogP) is 2.17. The lowest BCUT2D eigenvalue weighted by atomic mass is 10.3. The third kappa shape index (κ3) is 7.20. The van der Waals surface area contributed by atoms with Gasteiger partial charge in [-0.25, -0.2) is 0 Å². The molecule has 0 aliphatic heterocycles. The summed E-state index contributed by atoms with van der Waals surface area (Å²) in [6, 6.07) is 13.9. The summed E-state index contributed by atoms with van der Waals surface area (Å²) >= 11 is 0. The summed E-state index contributed by atoms with van der Waals surface area (Å²) in [6.45, 7) is 3.86. The minimum absolute atomic E-state index is 0.274. The molecule has 2 aromatic carbocycles. The molecule has 30 heavy (non-hydrogen) atoms. The van der Waals surface area contributed by atoms with E-state index < -0.39 is 12.2 Å². The summed E-state index contributed by atoms with van der Waals surface area (Å²) in [5.74, 6) is 2.00. The molecule has 0 saturated heterocycles. The Hall–Kier alpha value is -3.42. The van der Waals surface area contributed by atoms with Crippen LogP contribution < -0.4 is 29.6 Å². The average molecular weight is 416 g/mol. The average Bonchev–Trinajstić information content (AvgIpc) is 2.77. The molecule has 2 atom stereocenters. The van der Waals surface area contributed by atoms with Crippen LogP contribution in [0.15, 0.2) is 48.5 Å². The lowest BCUT2D eigenvalue weighted by Gasteiger charge is -2.16. The number of ether oxygens (including phenoxy) is 4. The Morgan fingerprint density at radius 3 is 1.27 bits per heavy atom. The Morgan fingerprint density at radius 2 is 0.967 bits per heavy atom. The quantitative estimate of drug-likeness (QED) is 0.545. The number of nitrogens with one attached hydrogen (secondary N) is 2. The van der Waals surface area contributed by atoms with Gasteiger partial charge in [-0.05, 0) is 62.4 Å². The van der Waals surface area contributed by atoms with Gasteiger partial charge in [0.2, 0.25) is 0 Å². The van der Waals surface area contributed by atoms with Gasteiger partial charge in [-0.1, -0.05) is 0 Å². The first kappa shape index (κ1) is 22.9. The number of benzene rings is 2. The predicted molar refractivity (Wildman–Crippen MR) is 112 cm³/mol. The Labute approximate surface area is 176 Å². The SMILES string of the molecule is COc1ccc(OC(C)C(=O)NCCNC(=O)C(C)Oc2ccc(OC)cc2)cc1. The highest BCUT2D eigenvalue weighted by Crippen LogP contribution is 2.19. The van der Waals surface area contributed by atoms with E-state index in [0.29, 0.717) is 23.0 Å². The van der Waals surface area contributed by atoms with Crippen molar-refractivity contribution in [2.45, 2.75) is 26.1 Å². The molecule has 8 heteroatoms. The van der Waals surface area contributed by atoms with E-state index in [9.17, 15) is 9.59 Å². The molecular weight excluding hydrogens is 388 g/mol. The van der Waals surface area contributed by atoms with Crippen molar-refractivity contribution >= 4 is 11.8 Å². The van der Waals surface area contributed by atoms with E-state index in [2.05, 4.69) is 10.6 Å². The molecule has 0 saturated carbocycles. The van der Waals surface area contributed by atoms with Gasteiger partial charge in [0.1, 0.15) is 23.0 Å². The van der Waals surface area contributed by atoms with Crippen molar-refractivity contribution in [2.24, 2.45) is 0 Å². The molecule has 8 nitrogen and oxygen atoms in total. The van der Waals surface area contributed by atoms with Crippen LogP contribution >= 0.6 is 0 Å². The van der Waals surface area contributed by atoms with E-state index in [1.54, 1.807) is 76.6 Å². The van der Waals surface area contributed by atoms with Crippen molar-refractivity contribution in [1.82, 2.24) is 10.6 Å². The maximum absolute atomic E-state index is 12.1. The molecule has 0 fully saturated rings.